The molecule has 3 N–H and O–H groups in total. The SMILES string of the molecule is Cc1nn(-c2ncnc3nc[nH]c23)c2c1C(c1ccc(C(=O)NCc3ccc4c(c3)OCO4)cc1)CC(=O)N2. The Bertz CT molecular complexity index is 1760. The highest BCUT2D eigenvalue weighted by molar-refractivity contribution is 5.96. The first kappa shape index (κ1) is 22.9. The maximum Gasteiger partial charge on any atom is 0.251 e. The quantitative estimate of drug-likeness (QED) is 0.319. The molecule has 5 aromatic rings. The van der Waals surface area contributed by atoms with Gasteiger partial charge in [-0.25, -0.2) is 15.0 Å². The summed E-state index contributed by atoms with van der Waals surface area (Å²) in [6.45, 7) is 2.47. The highest BCUT2D eigenvalue weighted by atomic mass is 16.7. The Morgan fingerprint density at radius 1 is 1.10 bits per heavy atom. The number of nitrogens with one attached hydrogen (secondary N) is 3. The predicted octanol–water partition coefficient (Wildman–Crippen LogP) is 2.98. The van der Waals surface area contributed by atoms with Crippen LogP contribution < -0.4 is 20.1 Å². The number of hydrogen-bond donors (Lipinski definition) is 3. The van der Waals surface area contributed by atoms with E-state index < -0.39 is 0 Å². The lowest BCUT2D eigenvalue weighted by Gasteiger charge is -2.24. The highest BCUT2D eigenvalue weighted by Crippen LogP contribution is 2.40. The zero-order valence-electron chi connectivity index (χ0n) is 20.8. The predicted molar refractivity (Wildman–Crippen MR) is 139 cm³/mol. The van der Waals surface area contributed by atoms with Gasteiger partial charge in [0.2, 0.25) is 12.7 Å². The molecule has 2 aromatic carbocycles. The van der Waals surface area contributed by atoms with Gasteiger partial charge in [0.25, 0.3) is 5.91 Å². The third kappa shape index (κ3) is 3.93. The van der Waals surface area contributed by atoms with Gasteiger partial charge < -0.3 is 25.1 Å². The molecule has 12 heteroatoms. The molecule has 39 heavy (non-hydrogen) atoms. The lowest BCUT2D eigenvalue weighted by Crippen LogP contribution is -2.25. The van der Waals surface area contributed by atoms with E-state index in [1.54, 1.807) is 23.1 Å². The fourth-order valence-corrected chi connectivity index (χ4v) is 5.10. The van der Waals surface area contributed by atoms with Crippen molar-refractivity contribution in [1.29, 1.82) is 0 Å². The Balaban J connectivity index is 1.14. The number of rotatable bonds is 5. The van der Waals surface area contributed by atoms with E-state index in [9.17, 15) is 9.59 Å². The summed E-state index contributed by atoms with van der Waals surface area (Å²) in [5.41, 5.74) is 5.15. The molecule has 1 unspecified atom stereocenters. The number of aromatic amines is 1. The smallest absolute Gasteiger partial charge is 0.251 e. The summed E-state index contributed by atoms with van der Waals surface area (Å²) in [5, 5.41) is 10.6. The molecule has 7 rings (SSSR count). The summed E-state index contributed by atoms with van der Waals surface area (Å²) >= 11 is 0. The van der Waals surface area contributed by atoms with Gasteiger partial charge in [-0.05, 0) is 42.3 Å². The molecule has 3 aromatic heterocycles. The topological polar surface area (TPSA) is 149 Å². The minimum atomic E-state index is -0.229. The number of imidazole rings is 1. The summed E-state index contributed by atoms with van der Waals surface area (Å²) in [5.74, 6) is 1.88. The summed E-state index contributed by atoms with van der Waals surface area (Å²) in [7, 11) is 0. The van der Waals surface area contributed by atoms with Gasteiger partial charge in [-0.2, -0.15) is 9.78 Å². The molecule has 0 fully saturated rings. The maximum absolute atomic E-state index is 12.8. The maximum atomic E-state index is 12.8. The number of fused-ring (bicyclic) bond motifs is 3. The molecule has 12 nitrogen and oxygen atoms in total. The fourth-order valence-electron chi connectivity index (χ4n) is 5.10. The van der Waals surface area contributed by atoms with E-state index in [0.717, 1.165) is 22.4 Å². The molecule has 0 bridgehead atoms. The number of carbonyl (C=O) groups excluding carboxylic acids is 2. The van der Waals surface area contributed by atoms with Crippen LogP contribution in [0.3, 0.4) is 0 Å². The van der Waals surface area contributed by atoms with Gasteiger partial charge in [-0.15, -0.1) is 0 Å². The van der Waals surface area contributed by atoms with Crippen LogP contribution in [-0.2, 0) is 11.3 Å². The van der Waals surface area contributed by atoms with E-state index >= 15 is 0 Å². The lowest BCUT2D eigenvalue weighted by atomic mass is 9.85. The van der Waals surface area contributed by atoms with Crippen LogP contribution in [0.25, 0.3) is 17.0 Å². The fraction of sp³-hybridized carbons (Fsp3) is 0.185. The number of hydrogen-bond acceptors (Lipinski definition) is 8. The number of ether oxygens (including phenoxy) is 2. The van der Waals surface area contributed by atoms with Crippen LogP contribution in [0, 0.1) is 6.92 Å². The average Bonchev–Trinajstić information content (AvgIpc) is 3.70. The minimum absolute atomic E-state index is 0.130. The van der Waals surface area contributed by atoms with Crippen LogP contribution in [0.1, 0.15) is 45.1 Å². The third-order valence-electron chi connectivity index (χ3n) is 6.97. The number of aromatic nitrogens is 6. The molecular formula is C27H22N8O4. The Morgan fingerprint density at radius 3 is 2.82 bits per heavy atom. The number of anilines is 1. The average molecular weight is 523 g/mol. The zero-order valence-corrected chi connectivity index (χ0v) is 20.8. The largest absolute Gasteiger partial charge is 0.454 e. The molecule has 0 saturated heterocycles. The number of H-pyrrole nitrogens is 1. The van der Waals surface area contributed by atoms with Crippen LogP contribution in [0.15, 0.2) is 55.1 Å². The summed E-state index contributed by atoms with van der Waals surface area (Å²) < 4.78 is 12.4. The lowest BCUT2D eigenvalue weighted by molar-refractivity contribution is -0.116. The molecule has 0 spiro atoms. The van der Waals surface area contributed by atoms with Gasteiger partial charge in [0.1, 0.15) is 17.7 Å². The van der Waals surface area contributed by atoms with Crippen molar-refractivity contribution < 1.29 is 19.1 Å². The second-order valence-electron chi connectivity index (χ2n) is 9.36. The molecule has 1 atom stereocenters. The van der Waals surface area contributed by atoms with Crippen LogP contribution in [-0.4, -0.2) is 48.3 Å². The molecule has 2 aliphatic heterocycles. The van der Waals surface area contributed by atoms with Crippen molar-refractivity contribution in [3.8, 4) is 17.3 Å². The summed E-state index contributed by atoms with van der Waals surface area (Å²) in [4.78, 5) is 41.4. The number of aryl methyl sites for hydroxylation is 1. The van der Waals surface area contributed by atoms with E-state index in [2.05, 4.69) is 30.6 Å². The first-order chi connectivity index (χ1) is 19.0. The molecule has 5 heterocycles. The molecular weight excluding hydrogens is 500 g/mol. The number of benzene rings is 2. The van der Waals surface area contributed by atoms with Crippen LogP contribution >= 0.6 is 0 Å². The minimum Gasteiger partial charge on any atom is -0.454 e. The summed E-state index contributed by atoms with van der Waals surface area (Å²) in [6.07, 6.45) is 3.22. The molecule has 0 saturated carbocycles. The molecule has 0 aliphatic carbocycles. The van der Waals surface area contributed by atoms with Crippen molar-refractivity contribution in [1.82, 2.24) is 35.0 Å². The normalized spacial score (nSPS) is 15.7. The third-order valence-corrected chi connectivity index (χ3v) is 6.97. The molecule has 0 radical (unpaired) electrons. The van der Waals surface area contributed by atoms with E-state index in [1.807, 2.05) is 37.3 Å². The number of carbonyl (C=O) groups is 2. The van der Waals surface area contributed by atoms with E-state index in [4.69, 9.17) is 14.6 Å². The van der Waals surface area contributed by atoms with Crippen molar-refractivity contribution in [2.24, 2.45) is 0 Å². The molecule has 2 aliphatic rings. The van der Waals surface area contributed by atoms with E-state index in [0.29, 0.717) is 46.4 Å². The highest BCUT2D eigenvalue weighted by Gasteiger charge is 2.33. The van der Waals surface area contributed by atoms with E-state index in [1.165, 1.54) is 6.33 Å². The van der Waals surface area contributed by atoms with E-state index in [-0.39, 0.29) is 30.9 Å². The van der Waals surface area contributed by atoms with Gasteiger partial charge in [0.15, 0.2) is 23.0 Å². The van der Waals surface area contributed by atoms with Gasteiger partial charge >= 0.3 is 0 Å². The monoisotopic (exact) mass is 522 g/mol. The van der Waals surface area contributed by atoms with Crippen molar-refractivity contribution in [3.63, 3.8) is 0 Å². The van der Waals surface area contributed by atoms with Crippen LogP contribution in [0.2, 0.25) is 0 Å². The van der Waals surface area contributed by atoms with Gasteiger partial charge in [-0.3, -0.25) is 9.59 Å². The molecule has 194 valence electrons. The van der Waals surface area contributed by atoms with Gasteiger partial charge in [0.05, 0.1) is 12.0 Å². The number of nitrogens with zero attached hydrogens (tertiary/aromatic N) is 5. The Morgan fingerprint density at radius 2 is 1.95 bits per heavy atom. The Labute approximate surface area is 221 Å². The van der Waals surface area contributed by atoms with Crippen molar-refractivity contribution >= 4 is 28.8 Å². The first-order valence-corrected chi connectivity index (χ1v) is 12.4. The molecule has 2 amide bonds. The van der Waals surface area contributed by atoms with Crippen molar-refractivity contribution in [2.45, 2.75) is 25.8 Å². The van der Waals surface area contributed by atoms with Gasteiger partial charge in [-0.1, -0.05) is 18.2 Å². The Kier molecular flexibility index (Phi) is 5.25. The van der Waals surface area contributed by atoms with Crippen LogP contribution in [0.5, 0.6) is 11.5 Å². The zero-order chi connectivity index (χ0) is 26.5. The Hall–Kier alpha value is -5.26. The van der Waals surface area contributed by atoms with Crippen molar-refractivity contribution in [2.75, 3.05) is 12.1 Å². The number of amides is 2. The van der Waals surface area contributed by atoms with Gasteiger partial charge in [0, 0.05) is 30.0 Å². The van der Waals surface area contributed by atoms with Crippen molar-refractivity contribution in [3.05, 3.63) is 83.1 Å². The summed E-state index contributed by atoms with van der Waals surface area (Å²) in [6, 6.07) is 12.9. The first-order valence-electron chi connectivity index (χ1n) is 12.4. The second kappa shape index (κ2) is 8.94. The standard InChI is InChI=1S/C27H22N8O4/c1-14-22-18(9-21(36)33-25(22)35(34-14)26-23-24(30-11-29-23)31-12-32-26)16-3-5-17(6-4-16)27(37)28-10-15-2-7-19-20(8-15)39-13-38-19/h2-8,11-12,18H,9-10,13H2,1H3,(H,28,37)(H,33,36)(H,29,30,31,32). The van der Waals surface area contributed by atoms with Crippen LogP contribution in [0.4, 0.5) is 5.82 Å². The second-order valence-corrected chi connectivity index (χ2v) is 9.36.